The Hall–Kier alpha value is -1.38. The molecular formula is C16H16BrN3S. The number of aromatic nitrogens is 1. The summed E-state index contributed by atoms with van der Waals surface area (Å²) in [5.41, 5.74) is 3.12. The molecule has 2 aromatic rings. The molecule has 3 nitrogen and oxygen atoms in total. The lowest BCUT2D eigenvalue weighted by molar-refractivity contribution is 0.665. The molecule has 0 atom stereocenters. The number of hydrogen-bond acceptors (Lipinski definition) is 4. The van der Waals surface area contributed by atoms with Crippen LogP contribution in [0.4, 0.5) is 5.82 Å². The van der Waals surface area contributed by atoms with Crippen LogP contribution in [0.5, 0.6) is 0 Å². The number of rotatable bonds is 3. The molecule has 108 valence electrons. The van der Waals surface area contributed by atoms with E-state index >= 15 is 0 Å². The molecule has 0 saturated carbocycles. The van der Waals surface area contributed by atoms with Gasteiger partial charge in [-0.2, -0.15) is 5.26 Å². The molecule has 0 saturated heterocycles. The van der Waals surface area contributed by atoms with Gasteiger partial charge in [0.2, 0.25) is 0 Å². The summed E-state index contributed by atoms with van der Waals surface area (Å²) in [6.07, 6.45) is 4.50. The van der Waals surface area contributed by atoms with Gasteiger partial charge in [0.15, 0.2) is 0 Å². The van der Waals surface area contributed by atoms with Crippen molar-refractivity contribution in [3.63, 3.8) is 0 Å². The third kappa shape index (κ3) is 3.12. The Balaban J connectivity index is 1.91. The van der Waals surface area contributed by atoms with Crippen molar-refractivity contribution in [3.8, 4) is 6.07 Å². The molecule has 0 aromatic carbocycles. The molecule has 1 aliphatic carbocycles. The summed E-state index contributed by atoms with van der Waals surface area (Å²) in [4.78, 5) is 8.12. The Morgan fingerprint density at radius 3 is 2.90 bits per heavy atom. The minimum absolute atomic E-state index is 0.689. The topological polar surface area (TPSA) is 39.9 Å². The van der Waals surface area contributed by atoms with E-state index in [9.17, 15) is 5.26 Å². The lowest BCUT2D eigenvalue weighted by Gasteiger charge is -2.22. The average molecular weight is 362 g/mol. The molecule has 0 N–H and O–H groups in total. The number of hydrogen-bond donors (Lipinski definition) is 0. The lowest BCUT2D eigenvalue weighted by Crippen LogP contribution is -2.20. The SMILES string of the molecule is CN(Cc1ccc(Br)s1)c1nc2c(cc1C#N)CCCC2. The normalized spacial score (nSPS) is 13.6. The fraction of sp³-hybridized carbons (Fsp3) is 0.375. The van der Waals surface area contributed by atoms with Crippen LogP contribution >= 0.6 is 27.3 Å². The van der Waals surface area contributed by atoms with Crippen LogP contribution in [-0.4, -0.2) is 12.0 Å². The summed E-state index contributed by atoms with van der Waals surface area (Å²) < 4.78 is 1.13. The third-order valence-electron chi connectivity index (χ3n) is 3.78. The largest absolute Gasteiger partial charge is 0.353 e. The second-order valence-electron chi connectivity index (χ2n) is 5.35. The molecule has 0 unspecified atom stereocenters. The predicted molar refractivity (Wildman–Crippen MR) is 89.7 cm³/mol. The highest BCUT2D eigenvalue weighted by Gasteiger charge is 2.17. The van der Waals surface area contributed by atoms with Crippen molar-refractivity contribution in [3.05, 3.63) is 43.7 Å². The van der Waals surface area contributed by atoms with Crippen LogP contribution in [0.2, 0.25) is 0 Å². The number of halogens is 1. The highest BCUT2D eigenvalue weighted by atomic mass is 79.9. The van der Waals surface area contributed by atoms with Crippen LogP contribution in [0.25, 0.3) is 0 Å². The number of fused-ring (bicyclic) bond motifs is 1. The standard InChI is InChI=1S/C16H16BrN3S/c1-20(10-13-6-7-15(17)21-13)16-12(9-18)8-11-4-2-3-5-14(11)19-16/h6-8H,2-5,10H2,1H3. The van der Waals surface area contributed by atoms with Crippen LogP contribution in [0.3, 0.4) is 0 Å². The molecule has 5 heteroatoms. The molecule has 21 heavy (non-hydrogen) atoms. The first-order chi connectivity index (χ1) is 10.2. The Bertz CT molecular complexity index is 702. The Labute approximate surface area is 137 Å². The van der Waals surface area contributed by atoms with Crippen molar-refractivity contribution in [2.75, 3.05) is 11.9 Å². The Kier molecular flexibility index (Phi) is 4.27. The fourth-order valence-electron chi connectivity index (χ4n) is 2.74. The number of anilines is 1. The zero-order valence-electron chi connectivity index (χ0n) is 11.9. The van der Waals surface area contributed by atoms with E-state index in [1.54, 1.807) is 11.3 Å². The summed E-state index contributed by atoms with van der Waals surface area (Å²) in [5.74, 6) is 0.808. The van der Waals surface area contributed by atoms with Gasteiger partial charge >= 0.3 is 0 Å². The van der Waals surface area contributed by atoms with Crippen molar-refractivity contribution < 1.29 is 0 Å². The molecule has 3 rings (SSSR count). The van der Waals surface area contributed by atoms with Gasteiger partial charge in [-0.1, -0.05) is 0 Å². The Morgan fingerprint density at radius 2 is 2.19 bits per heavy atom. The number of pyridine rings is 1. The molecule has 0 fully saturated rings. The van der Waals surface area contributed by atoms with Crippen molar-refractivity contribution in [1.82, 2.24) is 4.98 Å². The summed E-state index contributed by atoms with van der Waals surface area (Å²) in [6.45, 7) is 0.775. The predicted octanol–water partition coefficient (Wildman–Crippen LogP) is 4.29. The van der Waals surface area contributed by atoms with Crippen LogP contribution in [0.1, 0.15) is 34.5 Å². The van der Waals surface area contributed by atoms with E-state index in [0.29, 0.717) is 5.56 Å². The zero-order valence-corrected chi connectivity index (χ0v) is 14.3. The zero-order chi connectivity index (χ0) is 14.8. The van der Waals surface area contributed by atoms with Gasteiger partial charge in [0.25, 0.3) is 0 Å². The lowest BCUT2D eigenvalue weighted by atomic mass is 9.95. The van der Waals surface area contributed by atoms with Crippen molar-refractivity contribution in [1.29, 1.82) is 5.26 Å². The van der Waals surface area contributed by atoms with Gasteiger partial charge in [-0.05, 0) is 65.4 Å². The van der Waals surface area contributed by atoms with E-state index in [1.807, 2.05) is 13.1 Å². The minimum atomic E-state index is 0.689. The van der Waals surface area contributed by atoms with E-state index in [0.717, 1.165) is 29.0 Å². The molecule has 2 aromatic heterocycles. The van der Waals surface area contributed by atoms with Gasteiger partial charge in [-0.25, -0.2) is 4.98 Å². The molecule has 0 radical (unpaired) electrons. The summed E-state index contributed by atoms with van der Waals surface area (Å²) in [7, 11) is 2.01. The number of aryl methyl sites for hydroxylation is 2. The van der Waals surface area contributed by atoms with Crippen molar-refractivity contribution in [2.24, 2.45) is 0 Å². The van der Waals surface area contributed by atoms with E-state index in [-0.39, 0.29) is 0 Å². The monoisotopic (exact) mass is 361 g/mol. The van der Waals surface area contributed by atoms with Crippen LogP contribution in [-0.2, 0) is 19.4 Å². The molecule has 0 spiro atoms. The van der Waals surface area contributed by atoms with Gasteiger partial charge in [-0.15, -0.1) is 11.3 Å². The van der Waals surface area contributed by atoms with Crippen LogP contribution < -0.4 is 4.90 Å². The maximum Gasteiger partial charge on any atom is 0.146 e. The smallest absolute Gasteiger partial charge is 0.146 e. The van der Waals surface area contributed by atoms with Gasteiger partial charge in [0.05, 0.1) is 15.9 Å². The number of thiophene rings is 1. The van der Waals surface area contributed by atoms with E-state index in [1.165, 1.54) is 29.0 Å². The van der Waals surface area contributed by atoms with Gasteiger partial charge in [0, 0.05) is 17.6 Å². The second-order valence-corrected chi connectivity index (χ2v) is 7.89. The molecule has 0 bridgehead atoms. The molecular weight excluding hydrogens is 346 g/mol. The first kappa shape index (κ1) is 14.6. The van der Waals surface area contributed by atoms with E-state index in [2.05, 4.69) is 39.0 Å². The minimum Gasteiger partial charge on any atom is -0.353 e. The highest BCUT2D eigenvalue weighted by molar-refractivity contribution is 9.11. The van der Waals surface area contributed by atoms with Crippen molar-refractivity contribution in [2.45, 2.75) is 32.2 Å². The highest BCUT2D eigenvalue weighted by Crippen LogP contribution is 2.28. The van der Waals surface area contributed by atoms with Gasteiger partial charge < -0.3 is 4.90 Å². The third-order valence-corrected chi connectivity index (χ3v) is 5.39. The average Bonchev–Trinajstić information content (AvgIpc) is 2.90. The molecule has 2 heterocycles. The molecule has 0 amide bonds. The molecule has 1 aliphatic rings. The first-order valence-corrected chi connectivity index (χ1v) is 8.66. The maximum absolute atomic E-state index is 9.42. The number of nitrogens with zero attached hydrogens (tertiary/aromatic N) is 3. The van der Waals surface area contributed by atoms with E-state index < -0.39 is 0 Å². The Morgan fingerprint density at radius 1 is 1.38 bits per heavy atom. The summed E-state index contributed by atoms with van der Waals surface area (Å²) >= 11 is 5.21. The second kappa shape index (κ2) is 6.17. The number of nitriles is 1. The van der Waals surface area contributed by atoms with Gasteiger partial charge in [-0.3, -0.25) is 0 Å². The fourth-order valence-corrected chi connectivity index (χ4v) is 4.28. The quantitative estimate of drug-likeness (QED) is 0.818. The van der Waals surface area contributed by atoms with Gasteiger partial charge in [0.1, 0.15) is 11.9 Å². The van der Waals surface area contributed by atoms with Crippen molar-refractivity contribution >= 4 is 33.1 Å². The van der Waals surface area contributed by atoms with Crippen LogP contribution in [0.15, 0.2) is 22.0 Å². The maximum atomic E-state index is 9.42. The molecule has 0 aliphatic heterocycles. The summed E-state index contributed by atoms with van der Waals surface area (Å²) in [6, 6.07) is 8.51. The van der Waals surface area contributed by atoms with E-state index in [4.69, 9.17) is 4.98 Å². The van der Waals surface area contributed by atoms with Crippen LogP contribution in [0, 0.1) is 11.3 Å². The first-order valence-electron chi connectivity index (χ1n) is 7.05. The summed E-state index contributed by atoms with van der Waals surface area (Å²) in [5, 5.41) is 9.42.